The van der Waals surface area contributed by atoms with Gasteiger partial charge in [-0.05, 0) is 89.9 Å². The van der Waals surface area contributed by atoms with Crippen LogP contribution in [0.4, 0.5) is 0 Å². The minimum atomic E-state index is -0.808. The van der Waals surface area contributed by atoms with E-state index in [4.69, 9.17) is 14.2 Å². The summed E-state index contributed by atoms with van der Waals surface area (Å²) in [6.07, 6.45) is 71.4. The van der Waals surface area contributed by atoms with Crippen molar-refractivity contribution in [2.24, 2.45) is 0 Å². The van der Waals surface area contributed by atoms with Crippen LogP contribution in [0.15, 0.2) is 85.1 Å². The van der Waals surface area contributed by atoms with Crippen molar-refractivity contribution in [1.82, 2.24) is 0 Å². The van der Waals surface area contributed by atoms with E-state index in [-0.39, 0.29) is 37.5 Å². The Morgan fingerprint density at radius 3 is 0.955 bits per heavy atom. The Labute approximate surface area is 414 Å². The average Bonchev–Trinajstić information content (AvgIpc) is 3.33. The molecule has 0 aromatic heterocycles. The highest BCUT2D eigenvalue weighted by molar-refractivity contribution is 5.71. The molecule has 0 saturated carbocycles. The van der Waals surface area contributed by atoms with Crippen LogP contribution in [0, 0.1) is 0 Å². The molecule has 0 aromatic rings. The molecule has 0 fully saturated rings. The first-order chi connectivity index (χ1) is 33.0. The molecule has 6 nitrogen and oxygen atoms in total. The third-order valence-electron chi connectivity index (χ3n) is 11.9. The van der Waals surface area contributed by atoms with E-state index in [1.54, 1.807) is 0 Å². The Morgan fingerprint density at radius 1 is 0.313 bits per heavy atom. The van der Waals surface area contributed by atoms with E-state index in [2.05, 4.69) is 106 Å². The number of rotatable bonds is 50. The number of esters is 3. The smallest absolute Gasteiger partial charge is 0.306 e. The molecule has 0 aliphatic heterocycles. The summed E-state index contributed by atoms with van der Waals surface area (Å²) in [4.78, 5) is 38.1. The minimum Gasteiger partial charge on any atom is -0.462 e. The van der Waals surface area contributed by atoms with Crippen LogP contribution in [-0.2, 0) is 28.6 Å². The number of allylic oxidation sites excluding steroid dienone is 14. The zero-order chi connectivity index (χ0) is 48.6. The van der Waals surface area contributed by atoms with Gasteiger partial charge in [-0.25, -0.2) is 0 Å². The van der Waals surface area contributed by atoms with E-state index in [0.29, 0.717) is 19.3 Å². The van der Waals surface area contributed by atoms with E-state index in [0.717, 1.165) is 96.3 Å². The van der Waals surface area contributed by atoms with Crippen molar-refractivity contribution >= 4 is 17.9 Å². The van der Waals surface area contributed by atoms with Crippen molar-refractivity contribution < 1.29 is 28.6 Å². The van der Waals surface area contributed by atoms with Crippen LogP contribution in [0.5, 0.6) is 0 Å². The van der Waals surface area contributed by atoms with Gasteiger partial charge < -0.3 is 14.2 Å². The van der Waals surface area contributed by atoms with Gasteiger partial charge in [0.05, 0.1) is 0 Å². The zero-order valence-corrected chi connectivity index (χ0v) is 43.9. The molecule has 384 valence electrons. The standard InChI is InChI=1S/C61H104O6/c1-4-7-10-13-16-19-22-25-27-29-30-32-33-36-39-42-45-48-51-54-60(63)66-57-58(56-65-59(62)53-50-47-44-41-38-35-24-21-18-15-12-9-6-3)67-61(64)55-52-49-46-43-40-37-34-31-28-26-23-20-17-14-11-8-5-2/h7,10,16,19,25-28,30,32,34,37,43,46,58H,4-6,8-9,11-15,17-18,20-24,29,31,33,35-36,38-42,44-45,47-57H2,1-3H3/b10-7-,19-16-,27-25-,28-26-,32-30-,37-34-,46-43-. The summed E-state index contributed by atoms with van der Waals surface area (Å²) in [5.74, 6) is -0.962. The largest absolute Gasteiger partial charge is 0.462 e. The molecule has 0 radical (unpaired) electrons. The van der Waals surface area contributed by atoms with Gasteiger partial charge in [-0.1, -0.05) is 241 Å². The lowest BCUT2D eigenvalue weighted by molar-refractivity contribution is -0.167. The van der Waals surface area contributed by atoms with E-state index in [1.165, 1.54) is 122 Å². The second-order valence-electron chi connectivity index (χ2n) is 18.5. The molecule has 0 aliphatic rings. The Balaban J connectivity index is 4.47. The summed E-state index contributed by atoms with van der Waals surface area (Å²) < 4.78 is 16.8. The van der Waals surface area contributed by atoms with Gasteiger partial charge in [-0.3, -0.25) is 14.4 Å². The monoisotopic (exact) mass is 933 g/mol. The molecule has 1 unspecified atom stereocenters. The van der Waals surface area contributed by atoms with Crippen LogP contribution >= 0.6 is 0 Å². The average molecular weight is 933 g/mol. The maximum atomic E-state index is 12.8. The van der Waals surface area contributed by atoms with E-state index < -0.39 is 6.10 Å². The molecule has 0 bridgehead atoms. The highest BCUT2D eigenvalue weighted by Crippen LogP contribution is 2.15. The Hall–Kier alpha value is -3.41. The van der Waals surface area contributed by atoms with Crippen LogP contribution in [0.25, 0.3) is 0 Å². The molecule has 0 spiro atoms. The van der Waals surface area contributed by atoms with Gasteiger partial charge in [0.1, 0.15) is 13.2 Å². The van der Waals surface area contributed by atoms with Crippen LogP contribution in [0.1, 0.15) is 265 Å². The number of unbranched alkanes of at least 4 members (excludes halogenated alkanes) is 25. The van der Waals surface area contributed by atoms with Gasteiger partial charge in [0, 0.05) is 19.3 Å². The van der Waals surface area contributed by atoms with Crippen LogP contribution in [0.3, 0.4) is 0 Å². The number of hydrogen-bond acceptors (Lipinski definition) is 6. The van der Waals surface area contributed by atoms with Crippen LogP contribution in [-0.4, -0.2) is 37.2 Å². The van der Waals surface area contributed by atoms with Gasteiger partial charge in [-0.15, -0.1) is 0 Å². The van der Waals surface area contributed by atoms with Gasteiger partial charge in [0.15, 0.2) is 6.10 Å². The molecule has 0 heterocycles. The lowest BCUT2D eigenvalue weighted by Gasteiger charge is -2.18. The molecule has 0 N–H and O–H groups in total. The number of ether oxygens (including phenoxy) is 3. The summed E-state index contributed by atoms with van der Waals surface area (Å²) in [6, 6.07) is 0. The van der Waals surface area contributed by atoms with Gasteiger partial charge in [0.2, 0.25) is 0 Å². The lowest BCUT2D eigenvalue weighted by atomic mass is 10.0. The van der Waals surface area contributed by atoms with Crippen molar-refractivity contribution in [2.75, 3.05) is 13.2 Å². The van der Waals surface area contributed by atoms with Crippen molar-refractivity contribution in [1.29, 1.82) is 0 Å². The van der Waals surface area contributed by atoms with E-state index in [1.807, 2.05) is 0 Å². The first kappa shape index (κ1) is 63.6. The third-order valence-corrected chi connectivity index (χ3v) is 11.9. The van der Waals surface area contributed by atoms with Crippen molar-refractivity contribution in [3.63, 3.8) is 0 Å². The minimum absolute atomic E-state index is 0.0995. The van der Waals surface area contributed by atoms with E-state index in [9.17, 15) is 14.4 Å². The summed E-state index contributed by atoms with van der Waals surface area (Å²) >= 11 is 0. The second kappa shape index (κ2) is 55.2. The maximum absolute atomic E-state index is 12.8. The Bertz CT molecular complexity index is 1300. The fourth-order valence-electron chi connectivity index (χ4n) is 7.68. The summed E-state index contributed by atoms with van der Waals surface area (Å²) in [7, 11) is 0. The fourth-order valence-corrected chi connectivity index (χ4v) is 7.68. The normalized spacial score (nSPS) is 12.7. The van der Waals surface area contributed by atoms with E-state index >= 15 is 0 Å². The number of carbonyl (C=O) groups is 3. The van der Waals surface area contributed by atoms with Crippen LogP contribution < -0.4 is 0 Å². The SMILES string of the molecule is CC/C=C\C/C=C\C/C=C\C/C=C\CCCCCCCCC(=O)OCC(COC(=O)CCCCCCCCCCCCCCC)OC(=O)CCC/C=C\C/C=C\C/C=C\CCCCCCCC. The molecule has 0 aliphatic carbocycles. The van der Waals surface area contributed by atoms with Crippen molar-refractivity contribution in [2.45, 2.75) is 271 Å². The predicted molar refractivity (Wildman–Crippen MR) is 288 cm³/mol. The Morgan fingerprint density at radius 2 is 0.597 bits per heavy atom. The molecule has 0 saturated heterocycles. The predicted octanol–water partition coefficient (Wildman–Crippen LogP) is 18.8. The highest BCUT2D eigenvalue weighted by Gasteiger charge is 2.19. The maximum Gasteiger partial charge on any atom is 0.306 e. The highest BCUT2D eigenvalue weighted by atomic mass is 16.6. The molecule has 67 heavy (non-hydrogen) atoms. The van der Waals surface area contributed by atoms with Crippen molar-refractivity contribution in [3.8, 4) is 0 Å². The molecule has 0 aromatic carbocycles. The third kappa shape index (κ3) is 53.4. The lowest BCUT2D eigenvalue weighted by Crippen LogP contribution is -2.30. The molecular formula is C61H104O6. The van der Waals surface area contributed by atoms with Gasteiger partial charge >= 0.3 is 17.9 Å². The molecule has 1 atom stereocenters. The van der Waals surface area contributed by atoms with Gasteiger partial charge in [0.25, 0.3) is 0 Å². The summed E-state index contributed by atoms with van der Waals surface area (Å²) in [6.45, 7) is 6.47. The summed E-state index contributed by atoms with van der Waals surface area (Å²) in [5, 5.41) is 0. The first-order valence-corrected chi connectivity index (χ1v) is 28.1. The fraction of sp³-hybridized carbons (Fsp3) is 0.721. The van der Waals surface area contributed by atoms with Crippen molar-refractivity contribution in [3.05, 3.63) is 85.1 Å². The molecule has 0 amide bonds. The van der Waals surface area contributed by atoms with Gasteiger partial charge in [-0.2, -0.15) is 0 Å². The number of hydrogen-bond donors (Lipinski definition) is 0. The Kier molecular flexibility index (Phi) is 52.4. The summed E-state index contributed by atoms with van der Waals surface area (Å²) in [5.41, 5.74) is 0. The number of carbonyl (C=O) groups excluding carboxylic acids is 3. The quantitative estimate of drug-likeness (QED) is 0.0262. The molecular weight excluding hydrogens is 829 g/mol. The molecule has 6 heteroatoms. The second-order valence-corrected chi connectivity index (χ2v) is 18.5. The topological polar surface area (TPSA) is 78.9 Å². The molecule has 0 rings (SSSR count). The first-order valence-electron chi connectivity index (χ1n) is 28.1. The zero-order valence-electron chi connectivity index (χ0n) is 43.9. The van der Waals surface area contributed by atoms with Crippen LogP contribution in [0.2, 0.25) is 0 Å².